The van der Waals surface area contributed by atoms with Crippen LogP contribution in [-0.4, -0.2) is 37.5 Å². The van der Waals surface area contributed by atoms with Crippen molar-refractivity contribution in [2.45, 2.75) is 37.8 Å². The lowest BCUT2D eigenvalue weighted by molar-refractivity contribution is 0.410. The maximum Gasteiger partial charge on any atom is 0.227 e. The number of nitrogens with one attached hydrogen (secondary N) is 3. The van der Waals surface area contributed by atoms with Gasteiger partial charge >= 0.3 is 0 Å². The summed E-state index contributed by atoms with van der Waals surface area (Å²) in [5.74, 6) is 1.19. The van der Waals surface area contributed by atoms with Gasteiger partial charge in [-0.1, -0.05) is 21.1 Å². The van der Waals surface area contributed by atoms with Crippen LogP contribution < -0.4 is 16.4 Å². The van der Waals surface area contributed by atoms with Crippen LogP contribution in [0.5, 0.6) is 0 Å². The Labute approximate surface area is 153 Å². The van der Waals surface area contributed by atoms with Crippen molar-refractivity contribution in [3.05, 3.63) is 28.7 Å². The van der Waals surface area contributed by atoms with Gasteiger partial charge in [0.1, 0.15) is 0 Å². The van der Waals surface area contributed by atoms with E-state index in [9.17, 15) is 0 Å². The van der Waals surface area contributed by atoms with Crippen molar-refractivity contribution in [2.24, 2.45) is 5.73 Å². The molecule has 1 aliphatic carbocycles. The van der Waals surface area contributed by atoms with E-state index in [4.69, 9.17) is 5.73 Å². The summed E-state index contributed by atoms with van der Waals surface area (Å²) in [6, 6.07) is 8.52. The molecule has 5 N–H and O–H groups in total. The van der Waals surface area contributed by atoms with E-state index in [-0.39, 0.29) is 0 Å². The molecule has 3 aromatic rings. The number of nitrogens with two attached hydrogens (primary N) is 1. The molecule has 0 spiro atoms. The minimum atomic E-state index is 0.313. The average molecular weight is 403 g/mol. The van der Waals surface area contributed by atoms with Gasteiger partial charge in [-0.05, 0) is 49.9 Å². The molecule has 1 saturated carbocycles. The van der Waals surface area contributed by atoms with Crippen molar-refractivity contribution in [1.29, 1.82) is 0 Å². The lowest BCUT2D eigenvalue weighted by atomic mass is 9.92. The highest BCUT2D eigenvalue weighted by molar-refractivity contribution is 9.10. The Morgan fingerprint density at radius 1 is 1.08 bits per heavy atom. The van der Waals surface area contributed by atoms with Gasteiger partial charge in [0.25, 0.3) is 0 Å². The Kier molecular flexibility index (Phi) is 4.50. The van der Waals surface area contributed by atoms with Gasteiger partial charge in [-0.15, -0.1) is 5.10 Å². The summed E-state index contributed by atoms with van der Waals surface area (Å²) >= 11 is 3.44. The zero-order chi connectivity index (χ0) is 17.2. The summed E-state index contributed by atoms with van der Waals surface area (Å²) in [6.45, 7) is 0. The predicted molar refractivity (Wildman–Crippen MR) is 101 cm³/mol. The van der Waals surface area contributed by atoms with E-state index >= 15 is 0 Å². The molecular formula is C16H19BrN8. The van der Waals surface area contributed by atoms with Gasteiger partial charge in [0.05, 0.1) is 0 Å². The molecule has 2 aromatic heterocycles. The van der Waals surface area contributed by atoms with Crippen molar-refractivity contribution < 1.29 is 0 Å². The Hall–Kier alpha value is -2.26. The molecule has 2 heterocycles. The second-order valence-corrected chi connectivity index (χ2v) is 7.21. The summed E-state index contributed by atoms with van der Waals surface area (Å²) in [6.07, 6.45) is 4.10. The van der Waals surface area contributed by atoms with Crippen LogP contribution in [-0.2, 0) is 0 Å². The standard InChI is InChI=1S/C16H19BrN8/c17-9-1-5-11(6-2-9)19-14-13-15(24-25-23-13)22-16(21-14)20-12-7-3-10(18)4-8-12/h1-2,5-6,10,12H,3-4,7-8,18H2,(H3,19,20,21,22,23,24,25). The molecule has 0 amide bonds. The Morgan fingerprint density at radius 3 is 2.60 bits per heavy atom. The zero-order valence-corrected chi connectivity index (χ0v) is 15.1. The summed E-state index contributed by atoms with van der Waals surface area (Å²) in [7, 11) is 0. The number of aromatic nitrogens is 5. The lowest BCUT2D eigenvalue weighted by Gasteiger charge is -2.26. The van der Waals surface area contributed by atoms with E-state index in [2.05, 4.69) is 51.9 Å². The fourth-order valence-electron chi connectivity index (χ4n) is 3.02. The molecule has 130 valence electrons. The third-order valence-electron chi connectivity index (χ3n) is 4.40. The lowest BCUT2D eigenvalue weighted by Crippen LogP contribution is -2.33. The molecule has 0 unspecified atom stereocenters. The highest BCUT2D eigenvalue weighted by Gasteiger charge is 2.20. The third-order valence-corrected chi connectivity index (χ3v) is 4.93. The number of fused-ring (bicyclic) bond motifs is 1. The van der Waals surface area contributed by atoms with E-state index in [1.807, 2.05) is 24.3 Å². The largest absolute Gasteiger partial charge is 0.351 e. The van der Waals surface area contributed by atoms with Crippen LogP contribution in [0, 0.1) is 0 Å². The number of halogens is 1. The second kappa shape index (κ2) is 6.93. The minimum absolute atomic E-state index is 0.313. The average Bonchev–Trinajstić information content (AvgIpc) is 3.08. The summed E-state index contributed by atoms with van der Waals surface area (Å²) in [4.78, 5) is 9.09. The number of rotatable bonds is 4. The molecular weight excluding hydrogens is 384 g/mol. The maximum absolute atomic E-state index is 5.98. The molecule has 8 nitrogen and oxygen atoms in total. The van der Waals surface area contributed by atoms with Gasteiger partial charge in [0, 0.05) is 22.2 Å². The summed E-state index contributed by atoms with van der Waals surface area (Å²) in [5, 5.41) is 17.5. The van der Waals surface area contributed by atoms with Crippen molar-refractivity contribution in [1.82, 2.24) is 25.4 Å². The number of benzene rings is 1. The normalized spacial score (nSPS) is 20.6. The summed E-state index contributed by atoms with van der Waals surface area (Å²) < 4.78 is 1.02. The first-order chi connectivity index (χ1) is 12.2. The van der Waals surface area contributed by atoms with Crippen LogP contribution in [0.4, 0.5) is 17.5 Å². The second-order valence-electron chi connectivity index (χ2n) is 6.29. The van der Waals surface area contributed by atoms with Crippen LogP contribution in [0.25, 0.3) is 11.2 Å². The third kappa shape index (κ3) is 3.72. The van der Waals surface area contributed by atoms with Crippen LogP contribution in [0.3, 0.4) is 0 Å². The first kappa shape index (κ1) is 16.2. The van der Waals surface area contributed by atoms with Crippen molar-refractivity contribution in [3.63, 3.8) is 0 Å². The van der Waals surface area contributed by atoms with E-state index < -0.39 is 0 Å². The molecule has 0 bridgehead atoms. The summed E-state index contributed by atoms with van der Waals surface area (Å²) in [5.41, 5.74) is 8.11. The molecule has 0 atom stereocenters. The zero-order valence-electron chi connectivity index (χ0n) is 13.5. The Balaban J connectivity index is 1.59. The van der Waals surface area contributed by atoms with Crippen molar-refractivity contribution in [3.8, 4) is 0 Å². The molecule has 25 heavy (non-hydrogen) atoms. The van der Waals surface area contributed by atoms with Crippen LogP contribution in [0.2, 0.25) is 0 Å². The fraction of sp³-hybridized carbons (Fsp3) is 0.375. The first-order valence-corrected chi connectivity index (χ1v) is 9.10. The molecule has 1 aromatic carbocycles. The molecule has 1 aliphatic rings. The smallest absolute Gasteiger partial charge is 0.227 e. The van der Waals surface area contributed by atoms with Crippen LogP contribution in [0.1, 0.15) is 25.7 Å². The molecule has 4 rings (SSSR count). The van der Waals surface area contributed by atoms with E-state index in [0.29, 0.717) is 35.0 Å². The van der Waals surface area contributed by atoms with E-state index in [0.717, 1.165) is 35.8 Å². The van der Waals surface area contributed by atoms with Gasteiger partial charge in [0.15, 0.2) is 17.0 Å². The molecule has 0 radical (unpaired) electrons. The van der Waals surface area contributed by atoms with Gasteiger partial charge in [-0.25, -0.2) is 5.10 Å². The van der Waals surface area contributed by atoms with Crippen LogP contribution >= 0.6 is 15.9 Å². The molecule has 0 saturated heterocycles. The number of anilines is 3. The Bertz CT molecular complexity index is 854. The van der Waals surface area contributed by atoms with E-state index in [1.165, 1.54) is 0 Å². The Morgan fingerprint density at radius 2 is 1.84 bits per heavy atom. The van der Waals surface area contributed by atoms with Gasteiger partial charge in [-0.2, -0.15) is 9.97 Å². The number of nitrogens with zero attached hydrogens (tertiary/aromatic N) is 4. The van der Waals surface area contributed by atoms with Crippen molar-refractivity contribution in [2.75, 3.05) is 10.6 Å². The highest BCUT2D eigenvalue weighted by Crippen LogP contribution is 2.25. The fourth-order valence-corrected chi connectivity index (χ4v) is 3.28. The van der Waals surface area contributed by atoms with Crippen LogP contribution in [0.15, 0.2) is 28.7 Å². The maximum atomic E-state index is 5.98. The topological polar surface area (TPSA) is 117 Å². The molecule has 9 heteroatoms. The highest BCUT2D eigenvalue weighted by atomic mass is 79.9. The molecule has 0 aliphatic heterocycles. The number of aromatic amines is 1. The SMILES string of the molecule is NC1CCC(Nc2nc(Nc3ccc(Br)cc3)c3nn[nH]c3n2)CC1. The molecule has 1 fully saturated rings. The van der Waals surface area contributed by atoms with Crippen molar-refractivity contribution >= 4 is 44.5 Å². The van der Waals surface area contributed by atoms with Gasteiger partial charge in [-0.3, -0.25) is 0 Å². The number of H-pyrrole nitrogens is 1. The quantitative estimate of drug-likeness (QED) is 0.529. The number of hydrogen-bond acceptors (Lipinski definition) is 7. The predicted octanol–water partition coefficient (Wildman–Crippen LogP) is 2.94. The van der Waals surface area contributed by atoms with Gasteiger partial charge in [0.2, 0.25) is 5.95 Å². The van der Waals surface area contributed by atoms with E-state index in [1.54, 1.807) is 0 Å². The number of hydrogen-bond donors (Lipinski definition) is 4. The minimum Gasteiger partial charge on any atom is -0.351 e. The monoisotopic (exact) mass is 402 g/mol. The first-order valence-electron chi connectivity index (χ1n) is 8.31. The van der Waals surface area contributed by atoms with Gasteiger partial charge < -0.3 is 16.4 Å².